The van der Waals surface area contributed by atoms with Gasteiger partial charge in [0.25, 0.3) is 0 Å². The smallest absolute Gasteiger partial charge is 0.316 e. The molecule has 1 atom stereocenters. The minimum atomic E-state index is -0.721. The Hall–Kier alpha value is -5.34. The minimum absolute atomic E-state index is 0.150. The van der Waals surface area contributed by atoms with Gasteiger partial charge in [0.1, 0.15) is 41.7 Å². The number of aromatic nitrogens is 6. The second kappa shape index (κ2) is 11.9. The number of benzene rings is 2. The molecule has 3 aromatic heterocycles. The van der Waals surface area contributed by atoms with E-state index >= 15 is 4.39 Å². The standard InChI is InChI=1S/C29H27FN8O5/c1-4-27(39)37-14-19(15-37)42-25-10-20-23(11-24(25)40-2)33-16-34-28(20)35-22-6-5-18(9-21(22)30)43-26-7-8-38(36-26)17-12-31-29(41-3)32-13-17/h4-13,16,19,27,39H,1,14-15H2,2-3H3,(H,33,34,35). The van der Waals surface area contributed by atoms with E-state index < -0.39 is 12.0 Å². The molecule has 1 saturated heterocycles. The van der Waals surface area contributed by atoms with Gasteiger partial charge in [-0.25, -0.2) is 29.0 Å². The van der Waals surface area contributed by atoms with E-state index in [1.54, 1.807) is 56.0 Å². The molecule has 0 saturated carbocycles. The summed E-state index contributed by atoms with van der Waals surface area (Å²) in [5.41, 5.74) is 1.36. The molecule has 4 heterocycles. The van der Waals surface area contributed by atoms with Crippen LogP contribution in [0.1, 0.15) is 0 Å². The number of aliphatic hydroxyl groups is 1. The van der Waals surface area contributed by atoms with E-state index in [9.17, 15) is 5.11 Å². The SMILES string of the molecule is C=CC(O)N1CC(Oc2cc3c(Nc4ccc(Oc5ccn(-c6cnc(OC)nc6)n5)cc4F)ncnc3cc2OC)C1. The Kier molecular flexibility index (Phi) is 7.68. The van der Waals surface area contributed by atoms with E-state index in [-0.39, 0.29) is 29.4 Å². The maximum Gasteiger partial charge on any atom is 0.316 e. The second-order valence-electron chi connectivity index (χ2n) is 9.48. The van der Waals surface area contributed by atoms with Crippen LogP contribution in [0.3, 0.4) is 0 Å². The van der Waals surface area contributed by atoms with Crippen LogP contribution in [0.25, 0.3) is 16.6 Å². The van der Waals surface area contributed by atoms with Crippen LogP contribution >= 0.6 is 0 Å². The molecule has 5 aromatic rings. The quantitative estimate of drug-likeness (QED) is 0.217. The summed E-state index contributed by atoms with van der Waals surface area (Å²) in [6, 6.07) is 9.77. The molecule has 2 N–H and O–H groups in total. The van der Waals surface area contributed by atoms with Crippen molar-refractivity contribution in [1.29, 1.82) is 0 Å². The number of anilines is 2. The van der Waals surface area contributed by atoms with Gasteiger partial charge in [-0.2, -0.15) is 0 Å². The molecule has 0 amide bonds. The lowest BCUT2D eigenvalue weighted by Gasteiger charge is -2.40. The molecule has 13 nitrogen and oxygen atoms in total. The number of rotatable bonds is 11. The average Bonchev–Trinajstić information content (AvgIpc) is 3.48. The monoisotopic (exact) mass is 586 g/mol. The number of fused-ring (bicyclic) bond motifs is 1. The summed E-state index contributed by atoms with van der Waals surface area (Å²) in [5.74, 6) is 1.30. The third kappa shape index (κ3) is 5.86. The van der Waals surface area contributed by atoms with Gasteiger partial charge in [-0.15, -0.1) is 5.10 Å². The van der Waals surface area contributed by atoms with Crippen LogP contribution in [-0.2, 0) is 0 Å². The number of hydrogen-bond acceptors (Lipinski definition) is 12. The topological polar surface area (TPSA) is 142 Å². The molecule has 43 heavy (non-hydrogen) atoms. The van der Waals surface area contributed by atoms with Crippen molar-refractivity contribution in [2.24, 2.45) is 0 Å². The number of ether oxygens (including phenoxy) is 4. The van der Waals surface area contributed by atoms with Crippen molar-refractivity contribution < 1.29 is 28.4 Å². The summed E-state index contributed by atoms with van der Waals surface area (Å²) in [5, 5.41) is 17.9. The van der Waals surface area contributed by atoms with E-state index in [2.05, 4.69) is 36.9 Å². The molecule has 220 valence electrons. The maximum absolute atomic E-state index is 15.2. The molecule has 0 radical (unpaired) electrons. The first-order valence-electron chi connectivity index (χ1n) is 13.1. The van der Waals surface area contributed by atoms with Crippen LogP contribution in [0.4, 0.5) is 15.9 Å². The Morgan fingerprint density at radius 2 is 1.86 bits per heavy atom. The summed E-state index contributed by atoms with van der Waals surface area (Å²) >= 11 is 0. The van der Waals surface area contributed by atoms with Crippen molar-refractivity contribution in [3.63, 3.8) is 0 Å². The fourth-order valence-electron chi connectivity index (χ4n) is 4.45. The van der Waals surface area contributed by atoms with Crippen molar-refractivity contribution in [2.45, 2.75) is 12.3 Å². The Balaban J connectivity index is 1.18. The van der Waals surface area contributed by atoms with Gasteiger partial charge in [-0.1, -0.05) is 6.58 Å². The molecular formula is C29H27FN8O5. The zero-order chi connectivity index (χ0) is 29.9. The first-order valence-corrected chi connectivity index (χ1v) is 13.1. The van der Waals surface area contributed by atoms with E-state index in [0.29, 0.717) is 47.0 Å². The number of hydrogen-bond donors (Lipinski definition) is 2. The molecule has 1 unspecified atom stereocenters. The normalized spacial score (nSPS) is 14.1. The molecule has 0 bridgehead atoms. The van der Waals surface area contributed by atoms with Crippen molar-refractivity contribution in [2.75, 3.05) is 32.6 Å². The van der Waals surface area contributed by atoms with Crippen molar-refractivity contribution >= 4 is 22.4 Å². The zero-order valence-corrected chi connectivity index (χ0v) is 23.2. The average molecular weight is 587 g/mol. The Morgan fingerprint density at radius 3 is 2.58 bits per heavy atom. The molecule has 1 aliphatic heterocycles. The molecule has 0 aliphatic carbocycles. The van der Waals surface area contributed by atoms with Crippen LogP contribution in [0.15, 0.2) is 74.0 Å². The van der Waals surface area contributed by atoms with Crippen LogP contribution in [0.2, 0.25) is 0 Å². The van der Waals surface area contributed by atoms with E-state index in [0.717, 1.165) is 0 Å². The Labute approximate surface area is 245 Å². The van der Waals surface area contributed by atoms with E-state index in [4.69, 9.17) is 18.9 Å². The number of nitrogens with one attached hydrogen (secondary N) is 1. The Bertz CT molecular complexity index is 1760. The summed E-state index contributed by atoms with van der Waals surface area (Å²) in [4.78, 5) is 18.6. The molecule has 14 heteroatoms. The van der Waals surface area contributed by atoms with Crippen LogP contribution in [0.5, 0.6) is 29.1 Å². The third-order valence-corrected chi connectivity index (χ3v) is 6.72. The van der Waals surface area contributed by atoms with Gasteiger partial charge in [0.15, 0.2) is 11.5 Å². The van der Waals surface area contributed by atoms with E-state index in [1.807, 2.05) is 4.90 Å². The maximum atomic E-state index is 15.2. The first kappa shape index (κ1) is 27.8. The lowest BCUT2D eigenvalue weighted by Crippen LogP contribution is -2.57. The molecule has 1 aliphatic rings. The number of halogens is 1. The van der Waals surface area contributed by atoms with Crippen LogP contribution < -0.4 is 24.3 Å². The lowest BCUT2D eigenvalue weighted by molar-refractivity contribution is -0.0674. The predicted octanol–water partition coefficient (Wildman–Crippen LogP) is 3.87. The number of methoxy groups -OCH3 is 2. The van der Waals surface area contributed by atoms with Gasteiger partial charge in [0.05, 0.1) is 37.8 Å². The number of aliphatic hydroxyl groups excluding tert-OH is 1. The molecule has 2 aromatic carbocycles. The van der Waals surface area contributed by atoms with Gasteiger partial charge in [-0.3, -0.25) is 4.90 Å². The highest BCUT2D eigenvalue weighted by Gasteiger charge is 2.32. The van der Waals surface area contributed by atoms with Gasteiger partial charge < -0.3 is 29.4 Å². The van der Waals surface area contributed by atoms with Gasteiger partial charge in [0, 0.05) is 42.9 Å². The summed E-state index contributed by atoms with van der Waals surface area (Å²) in [6.07, 6.45) is 6.76. The largest absolute Gasteiger partial charge is 0.493 e. The van der Waals surface area contributed by atoms with Crippen LogP contribution in [-0.4, -0.2) is 79.4 Å². The molecule has 1 fully saturated rings. The van der Waals surface area contributed by atoms with Crippen LogP contribution in [0, 0.1) is 5.82 Å². The molecular weight excluding hydrogens is 559 g/mol. The summed E-state index contributed by atoms with van der Waals surface area (Å²) in [7, 11) is 3.02. The molecule has 0 spiro atoms. The highest BCUT2D eigenvalue weighted by Crippen LogP contribution is 2.37. The first-order chi connectivity index (χ1) is 20.9. The number of likely N-dealkylation sites (tertiary alicyclic amines) is 1. The summed E-state index contributed by atoms with van der Waals surface area (Å²) < 4.78 is 39.1. The van der Waals surface area contributed by atoms with E-state index in [1.165, 1.54) is 30.3 Å². The second-order valence-corrected chi connectivity index (χ2v) is 9.48. The van der Waals surface area contributed by atoms with Crippen molar-refractivity contribution in [1.82, 2.24) is 34.6 Å². The minimum Gasteiger partial charge on any atom is -0.493 e. The zero-order valence-electron chi connectivity index (χ0n) is 23.2. The Morgan fingerprint density at radius 1 is 1.05 bits per heavy atom. The fraction of sp³-hybridized carbons (Fsp3) is 0.207. The lowest BCUT2D eigenvalue weighted by atomic mass is 10.1. The third-order valence-electron chi connectivity index (χ3n) is 6.72. The number of nitrogens with zero attached hydrogens (tertiary/aromatic N) is 7. The van der Waals surface area contributed by atoms with Gasteiger partial charge in [0.2, 0.25) is 5.88 Å². The van der Waals surface area contributed by atoms with Gasteiger partial charge >= 0.3 is 6.01 Å². The fourth-order valence-corrected chi connectivity index (χ4v) is 4.45. The highest BCUT2D eigenvalue weighted by molar-refractivity contribution is 5.93. The van der Waals surface area contributed by atoms with Gasteiger partial charge in [-0.05, 0) is 24.3 Å². The highest BCUT2D eigenvalue weighted by atomic mass is 19.1. The predicted molar refractivity (Wildman–Crippen MR) is 154 cm³/mol. The van der Waals surface area contributed by atoms with Crippen molar-refractivity contribution in [3.05, 3.63) is 79.8 Å². The molecule has 6 rings (SSSR count). The van der Waals surface area contributed by atoms with Crippen molar-refractivity contribution in [3.8, 4) is 34.8 Å². The summed E-state index contributed by atoms with van der Waals surface area (Å²) in [6.45, 7) is 4.66.